The summed E-state index contributed by atoms with van der Waals surface area (Å²) in [6.45, 7) is 11.4. The number of anilines is 1. The minimum Gasteiger partial charge on any atom is -0.371 e. The Labute approximate surface area is 104 Å². The summed E-state index contributed by atoms with van der Waals surface area (Å²) in [4.78, 5) is 2.23. The molecule has 0 saturated carbocycles. The lowest BCUT2D eigenvalue weighted by molar-refractivity contribution is 0.429. The maximum atomic E-state index is 12.8. The lowest BCUT2D eigenvalue weighted by Crippen LogP contribution is -2.41. The zero-order chi connectivity index (χ0) is 12.9. The number of benzene rings is 1. The Hall–Kier alpha value is -1.09. The molecule has 0 atom stereocenters. The lowest BCUT2D eigenvalue weighted by atomic mass is 10.1. The highest BCUT2D eigenvalue weighted by molar-refractivity contribution is 5.46. The van der Waals surface area contributed by atoms with Gasteiger partial charge in [-0.25, -0.2) is 4.39 Å². The third-order valence-corrected chi connectivity index (χ3v) is 2.61. The Morgan fingerprint density at radius 3 is 2.24 bits per heavy atom. The summed E-state index contributed by atoms with van der Waals surface area (Å²) in [6.07, 6.45) is 0. The molecule has 0 aliphatic rings. The van der Waals surface area contributed by atoms with E-state index in [0.29, 0.717) is 0 Å². The van der Waals surface area contributed by atoms with Gasteiger partial charge < -0.3 is 10.2 Å². The summed E-state index contributed by atoms with van der Waals surface area (Å²) in [5, 5.41) is 3.45. The molecular formula is C14H23FN2. The first-order chi connectivity index (χ1) is 7.92. The van der Waals surface area contributed by atoms with E-state index < -0.39 is 0 Å². The van der Waals surface area contributed by atoms with Crippen molar-refractivity contribution in [2.75, 3.05) is 24.5 Å². The predicted molar refractivity (Wildman–Crippen MR) is 72.0 cm³/mol. The van der Waals surface area contributed by atoms with Gasteiger partial charge in [0, 0.05) is 30.9 Å². The van der Waals surface area contributed by atoms with E-state index in [9.17, 15) is 4.39 Å². The van der Waals surface area contributed by atoms with Crippen molar-refractivity contribution in [3.05, 3.63) is 30.1 Å². The minimum atomic E-state index is -0.183. The average molecular weight is 238 g/mol. The van der Waals surface area contributed by atoms with E-state index in [-0.39, 0.29) is 11.4 Å². The van der Waals surface area contributed by atoms with Gasteiger partial charge in [-0.15, -0.1) is 0 Å². The molecule has 2 nitrogen and oxygen atoms in total. The van der Waals surface area contributed by atoms with Gasteiger partial charge in [0.15, 0.2) is 0 Å². The molecule has 3 heteroatoms. The van der Waals surface area contributed by atoms with Crippen LogP contribution in [0.15, 0.2) is 24.3 Å². The van der Waals surface area contributed by atoms with Gasteiger partial charge in [0.2, 0.25) is 0 Å². The highest BCUT2D eigenvalue weighted by Crippen LogP contribution is 2.14. The second-order valence-corrected chi connectivity index (χ2v) is 5.23. The Bertz CT molecular complexity index is 327. The van der Waals surface area contributed by atoms with Gasteiger partial charge in [-0.05, 0) is 52.0 Å². The zero-order valence-corrected chi connectivity index (χ0v) is 11.3. The smallest absolute Gasteiger partial charge is 0.123 e. The van der Waals surface area contributed by atoms with Crippen LogP contribution in [0.1, 0.15) is 27.7 Å². The van der Waals surface area contributed by atoms with Crippen molar-refractivity contribution in [1.29, 1.82) is 0 Å². The Kier molecular flexibility index (Phi) is 4.94. The van der Waals surface area contributed by atoms with Crippen molar-refractivity contribution >= 4 is 5.69 Å². The molecule has 96 valence electrons. The highest BCUT2D eigenvalue weighted by Gasteiger charge is 2.09. The maximum Gasteiger partial charge on any atom is 0.123 e. The number of halogens is 1. The molecule has 1 rings (SSSR count). The number of nitrogens with one attached hydrogen (secondary N) is 1. The molecule has 0 unspecified atom stereocenters. The van der Waals surface area contributed by atoms with Gasteiger partial charge in [0.05, 0.1) is 0 Å². The summed E-state index contributed by atoms with van der Waals surface area (Å²) in [5.41, 5.74) is 1.21. The number of nitrogens with zero attached hydrogens (tertiary/aromatic N) is 1. The van der Waals surface area contributed by atoms with Crippen molar-refractivity contribution in [3.63, 3.8) is 0 Å². The number of hydrogen-bond donors (Lipinski definition) is 1. The van der Waals surface area contributed by atoms with E-state index >= 15 is 0 Å². The third-order valence-electron chi connectivity index (χ3n) is 2.61. The zero-order valence-electron chi connectivity index (χ0n) is 11.3. The van der Waals surface area contributed by atoms with Gasteiger partial charge in [0.25, 0.3) is 0 Å². The summed E-state index contributed by atoms with van der Waals surface area (Å²) in [7, 11) is 0. The first-order valence-electron chi connectivity index (χ1n) is 6.18. The van der Waals surface area contributed by atoms with Crippen LogP contribution in [-0.2, 0) is 0 Å². The molecule has 0 saturated heterocycles. The Morgan fingerprint density at radius 1 is 1.18 bits per heavy atom. The minimum absolute atomic E-state index is 0.141. The van der Waals surface area contributed by atoms with Gasteiger partial charge in [-0.3, -0.25) is 0 Å². The number of likely N-dealkylation sites (N-methyl/N-ethyl adjacent to an activating group) is 1. The molecule has 0 heterocycles. The molecule has 0 bridgehead atoms. The molecular weight excluding hydrogens is 215 g/mol. The molecule has 0 fully saturated rings. The fraction of sp³-hybridized carbons (Fsp3) is 0.571. The van der Waals surface area contributed by atoms with E-state index in [1.165, 1.54) is 12.1 Å². The SMILES string of the molecule is CCN(CCNC(C)(C)C)c1ccc(F)cc1. The molecule has 1 N–H and O–H groups in total. The average Bonchev–Trinajstić information content (AvgIpc) is 2.24. The van der Waals surface area contributed by atoms with Crippen LogP contribution in [0.3, 0.4) is 0 Å². The molecule has 0 spiro atoms. The van der Waals surface area contributed by atoms with Crippen molar-refractivity contribution < 1.29 is 4.39 Å². The first-order valence-corrected chi connectivity index (χ1v) is 6.18. The van der Waals surface area contributed by atoms with Crippen molar-refractivity contribution in [3.8, 4) is 0 Å². The van der Waals surface area contributed by atoms with E-state index in [1.54, 1.807) is 0 Å². The quantitative estimate of drug-likeness (QED) is 0.848. The van der Waals surface area contributed by atoms with Crippen LogP contribution in [0.5, 0.6) is 0 Å². The van der Waals surface area contributed by atoms with E-state index in [0.717, 1.165) is 25.3 Å². The maximum absolute atomic E-state index is 12.8. The topological polar surface area (TPSA) is 15.3 Å². The summed E-state index contributed by atoms with van der Waals surface area (Å²) >= 11 is 0. The Morgan fingerprint density at radius 2 is 1.76 bits per heavy atom. The fourth-order valence-corrected chi connectivity index (χ4v) is 1.69. The molecule has 0 amide bonds. The molecule has 1 aromatic rings. The molecule has 17 heavy (non-hydrogen) atoms. The first kappa shape index (κ1) is 14.0. The van der Waals surface area contributed by atoms with Crippen LogP contribution in [0.4, 0.5) is 10.1 Å². The molecule has 0 aromatic heterocycles. The highest BCUT2D eigenvalue weighted by atomic mass is 19.1. The van der Waals surface area contributed by atoms with Crippen molar-refractivity contribution in [2.24, 2.45) is 0 Å². The monoisotopic (exact) mass is 238 g/mol. The standard InChI is InChI=1S/C14H23FN2/c1-5-17(11-10-16-14(2,3)4)13-8-6-12(15)7-9-13/h6-9,16H,5,10-11H2,1-4H3. The van der Waals surface area contributed by atoms with Crippen LogP contribution in [0, 0.1) is 5.82 Å². The lowest BCUT2D eigenvalue weighted by Gasteiger charge is -2.26. The predicted octanol–water partition coefficient (Wildman–Crippen LogP) is 3.04. The Balaban J connectivity index is 2.51. The van der Waals surface area contributed by atoms with Crippen molar-refractivity contribution in [2.45, 2.75) is 33.2 Å². The van der Waals surface area contributed by atoms with Crippen LogP contribution >= 0.6 is 0 Å². The van der Waals surface area contributed by atoms with E-state index in [1.807, 2.05) is 12.1 Å². The summed E-state index contributed by atoms with van der Waals surface area (Å²) in [6, 6.07) is 6.68. The molecule has 0 aliphatic carbocycles. The van der Waals surface area contributed by atoms with E-state index in [2.05, 4.69) is 37.9 Å². The van der Waals surface area contributed by atoms with Crippen LogP contribution in [0.2, 0.25) is 0 Å². The van der Waals surface area contributed by atoms with Gasteiger partial charge in [0.1, 0.15) is 5.82 Å². The van der Waals surface area contributed by atoms with Crippen molar-refractivity contribution in [1.82, 2.24) is 5.32 Å². The van der Waals surface area contributed by atoms with Crippen LogP contribution in [-0.4, -0.2) is 25.2 Å². The molecule has 1 aromatic carbocycles. The molecule has 0 aliphatic heterocycles. The largest absolute Gasteiger partial charge is 0.371 e. The number of hydrogen-bond acceptors (Lipinski definition) is 2. The fourth-order valence-electron chi connectivity index (χ4n) is 1.69. The van der Waals surface area contributed by atoms with Crippen LogP contribution < -0.4 is 10.2 Å². The van der Waals surface area contributed by atoms with E-state index in [4.69, 9.17) is 0 Å². The molecule has 0 radical (unpaired) electrons. The second-order valence-electron chi connectivity index (χ2n) is 5.23. The van der Waals surface area contributed by atoms with Gasteiger partial charge in [-0.1, -0.05) is 0 Å². The van der Waals surface area contributed by atoms with Gasteiger partial charge in [-0.2, -0.15) is 0 Å². The third kappa shape index (κ3) is 5.18. The number of rotatable bonds is 5. The second kappa shape index (κ2) is 6.01. The summed E-state index contributed by atoms with van der Waals surface area (Å²) in [5.74, 6) is -0.183. The van der Waals surface area contributed by atoms with Crippen LogP contribution in [0.25, 0.3) is 0 Å². The normalized spacial score (nSPS) is 11.6. The summed E-state index contributed by atoms with van der Waals surface area (Å²) < 4.78 is 12.8. The van der Waals surface area contributed by atoms with Gasteiger partial charge >= 0.3 is 0 Å².